The number of imidazole rings is 2. The Morgan fingerprint density at radius 3 is 1.87 bits per heavy atom. The van der Waals surface area contributed by atoms with E-state index in [0.717, 1.165) is 12.2 Å². The summed E-state index contributed by atoms with van der Waals surface area (Å²) in [6.07, 6.45) is 10.1. The average Bonchev–Trinajstić information content (AvgIpc) is 3.81. The van der Waals surface area contributed by atoms with Gasteiger partial charge in [0.25, 0.3) is 17.2 Å². The van der Waals surface area contributed by atoms with Crippen LogP contribution >= 0.6 is 10.4 Å². The van der Waals surface area contributed by atoms with E-state index in [1.807, 2.05) is 19.9 Å². The smallest absolute Gasteiger partial charge is 0.360 e. The maximum atomic E-state index is 4.02. The topological polar surface area (TPSA) is 27.8 Å². The molecule has 2 aliphatic heterocycles. The number of fused-ring (bicyclic) bond motifs is 7. The lowest BCUT2D eigenvalue weighted by molar-refractivity contribution is -0.648. The van der Waals surface area contributed by atoms with Crippen LogP contribution in [0.1, 0.15) is 75.4 Å². The molecule has 7 aromatic rings. The van der Waals surface area contributed by atoms with E-state index in [9.17, 15) is 0 Å². The van der Waals surface area contributed by atoms with E-state index in [1.54, 1.807) is 0 Å². The molecule has 0 radical (unpaired) electrons. The molecule has 5 heterocycles. The maximum absolute atomic E-state index is 4.02. The Hall–Kier alpha value is -5.99. The van der Waals surface area contributed by atoms with Crippen LogP contribution in [0.2, 0.25) is 0 Å². The fourth-order valence-corrected chi connectivity index (χ4v) is 13.4. The maximum Gasteiger partial charge on any atom is 0.360 e. The lowest BCUT2D eigenvalue weighted by Crippen LogP contribution is -2.49. The molecule has 2 aliphatic rings. The van der Waals surface area contributed by atoms with Gasteiger partial charge in [0.15, 0.2) is 32.5 Å². The summed E-state index contributed by atoms with van der Waals surface area (Å²) < 4.78 is 15.5. The highest BCUT2D eigenvalue weighted by molar-refractivity contribution is 8.23. The molecular weight excluding hydrogens is 779 g/mol. The Morgan fingerprint density at radius 1 is 0.758 bits per heavy atom. The first-order valence-electron chi connectivity index (χ1n) is 22.0. The third-order valence-electron chi connectivity index (χ3n) is 12.4. The number of rotatable bonds is 5. The van der Waals surface area contributed by atoms with Gasteiger partial charge in [0, 0.05) is 57.4 Å². The SMILES string of the molecule is C=CC/C=C(C)\C=C1/CS2(C)[N+](c3ccccc3C)=C(C)c3cc(C)cc([n+]32)-c2n(c3ccccc3[n+]2C)[C@H](C)n2c1[n+](C)c1ccccc12.CC.Cc1ccccc1N(C)C. The number of aromatic nitrogens is 5. The van der Waals surface area contributed by atoms with Gasteiger partial charge in [-0.3, -0.25) is 0 Å². The average molecular weight is 846 g/mol. The highest BCUT2D eigenvalue weighted by Gasteiger charge is 2.58. The molecule has 320 valence electrons. The Morgan fingerprint density at radius 2 is 1.29 bits per heavy atom. The van der Waals surface area contributed by atoms with Crippen molar-refractivity contribution in [1.29, 1.82) is 0 Å². The molecule has 0 saturated carbocycles. The first kappa shape index (κ1) is 44.1. The molecule has 0 spiro atoms. The second-order valence-electron chi connectivity index (χ2n) is 16.8. The number of hydrogen-bond acceptors (Lipinski definition) is 1. The number of benzene rings is 4. The number of aryl methyl sites for hydroxylation is 5. The predicted octanol–water partition coefficient (Wildman–Crippen LogP) is 11.2. The Balaban J connectivity index is 0.000000422. The van der Waals surface area contributed by atoms with E-state index < -0.39 is 10.4 Å². The van der Waals surface area contributed by atoms with Gasteiger partial charge in [0.1, 0.15) is 5.75 Å². The van der Waals surface area contributed by atoms with Crippen LogP contribution < -0.4 is 18.0 Å². The van der Waals surface area contributed by atoms with Crippen molar-refractivity contribution in [1.82, 2.24) is 9.13 Å². The van der Waals surface area contributed by atoms with E-state index >= 15 is 0 Å². The molecule has 0 N–H and O–H groups in total. The highest BCUT2D eigenvalue weighted by Crippen LogP contribution is 2.54. The minimum absolute atomic E-state index is 0.0341. The second-order valence-corrected chi connectivity index (χ2v) is 19.8. The van der Waals surface area contributed by atoms with E-state index in [2.05, 4.69) is 235 Å². The van der Waals surface area contributed by atoms with E-state index in [0.29, 0.717) is 0 Å². The molecule has 3 aromatic heterocycles. The van der Waals surface area contributed by atoms with Crippen LogP contribution in [-0.4, -0.2) is 44.9 Å². The summed E-state index contributed by atoms with van der Waals surface area (Å²) in [6.45, 7) is 21.6. The van der Waals surface area contributed by atoms with Gasteiger partial charge in [-0.15, -0.1) is 6.58 Å². The monoisotopic (exact) mass is 846 g/mol. The Kier molecular flexibility index (Phi) is 12.6. The molecule has 0 fully saturated rings. The second kappa shape index (κ2) is 17.8. The van der Waals surface area contributed by atoms with Crippen molar-refractivity contribution < 1.29 is 17.1 Å². The molecule has 0 saturated heterocycles. The molecule has 0 bridgehead atoms. The summed E-state index contributed by atoms with van der Waals surface area (Å²) in [7, 11) is 6.80. The summed E-state index contributed by atoms with van der Waals surface area (Å²) in [5, 5.41) is 0. The van der Waals surface area contributed by atoms with Gasteiger partial charge in [-0.05, 0) is 81.7 Å². The van der Waals surface area contributed by atoms with Crippen LogP contribution in [-0.2, 0) is 14.1 Å². The van der Waals surface area contributed by atoms with Crippen molar-refractivity contribution >= 4 is 55.1 Å². The molecule has 7 nitrogen and oxygen atoms in total. The van der Waals surface area contributed by atoms with Crippen molar-refractivity contribution in [3.05, 3.63) is 168 Å². The first-order chi connectivity index (χ1) is 29.8. The van der Waals surface area contributed by atoms with E-state index in [-0.39, 0.29) is 6.17 Å². The lowest BCUT2D eigenvalue weighted by atomic mass is 10.1. The minimum Gasteiger partial charge on any atom is -0.377 e. The zero-order valence-corrected chi connectivity index (χ0v) is 40.2. The van der Waals surface area contributed by atoms with Crippen molar-refractivity contribution in [3.63, 3.8) is 0 Å². The zero-order valence-electron chi connectivity index (χ0n) is 39.4. The largest absolute Gasteiger partial charge is 0.377 e. The molecule has 0 aliphatic carbocycles. The van der Waals surface area contributed by atoms with E-state index in [1.165, 1.54) is 90.0 Å². The lowest BCUT2D eigenvalue weighted by Gasteiger charge is -2.26. The van der Waals surface area contributed by atoms with Gasteiger partial charge < -0.3 is 4.90 Å². The number of pyridine rings is 1. The zero-order chi connectivity index (χ0) is 44.6. The number of allylic oxidation sites excluding steroid dienone is 4. The van der Waals surface area contributed by atoms with Crippen LogP contribution in [0.25, 0.3) is 39.2 Å². The molecule has 0 amide bonds. The number of para-hydroxylation sites is 6. The van der Waals surface area contributed by atoms with Gasteiger partial charge in [-0.2, -0.15) is 9.13 Å². The summed E-state index contributed by atoms with van der Waals surface area (Å²) >= 11 is 0. The summed E-state index contributed by atoms with van der Waals surface area (Å²) in [5.41, 5.74) is 17.7. The van der Waals surface area contributed by atoms with Gasteiger partial charge in [-0.25, -0.2) is 9.13 Å². The minimum atomic E-state index is -1.81. The Bertz CT molecular complexity index is 2940. The molecule has 8 heteroatoms. The molecular formula is C54H67N7S+4. The fraction of sp³-hybridized carbons (Fsp3) is 0.296. The van der Waals surface area contributed by atoms with Crippen LogP contribution in [0, 0.1) is 20.8 Å². The third-order valence-corrected chi connectivity index (χ3v) is 15.7. The quantitative estimate of drug-likeness (QED) is 0.125. The standard InChI is InChI=1S/C43H48N6S.C9H13N.C2H6/c1-10-11-18-29(2)25-34-28-50(9)48(35-20-13-12-19-31(35)4)32(5)40-26-30(3)27-41(49(40)50)43-45(8)37-22-15-17-24-39(37)47(43)33(6)46-38-23-16-14-21-36(38)44(7)42(34)46;1-8-6-4-5-7-9(8)10(2)3;1-2/h10,12-27,33H,1,11,28H2,2-9H3;4-7H,1-3H3;1-2H3/q+4;;/b29-18-,34-25+;;/t33-;;/m1../s1. The molecule has 4 aromatic carbocycles. The highest BCUT2D eigenvalue weighted by atomic mass is 32.3. The van der Waals surface area contributed by atoms with Gasteiger partial charge in [0.05, 0.1) is 25.9 Å². The first-order valence-corrected chi connectivity index (χ1v) is 24.1. The number of hydrogen-bond donors (Lipinski definition) is 0. The van der Waals surface area contributed by atoms with Crippen LogP contribution in [0.4, 0.5) is 11.4 Å². The molecule has 9 rings (SSSR count). The fourth-order valence-electron chi connectivity index (χ4n) is 9.70. The van der Waals surface area contributed by atoms with Crippen LogP contribution in [0.3, 0.4) is 0 Å². The summed E-state index contributed by atoms with van der Waals surface area (Å²) in [6, 6.07) is 39.9. The van der Waals surface area contributed by atoms with Crippen molar-refractivity contribution in [2.45, 2.75) is 68.0 Å². The van der Waals surface area contributed by atoms with Crippen molar-refractivity contribution in [2.75, 3.05) is 31.0 Å². The summed E-state index contributed by atoms with van der Waals surface area (Å²) in [5.74, 6) is 3.30. The molecule has 2 atom stereocenters. The summed E-state index contributed by atoms with van der Waals surface area (Å²) in [4.78, 5) is 2.12. The Labute approximate surface area is 372 Å². The molecule has 1 unspecified atom stereocenters. The van der Waals surface area contributed by atoms with Gasteiger partial charge in [0.2, 0.25) is 11.9 Å². The normalized spacial score (nSPS) is 18.5. The predicted molar refractivity (Wildman–Crippen MR) is 265 cm³/mol. The number of nitrogens with zero attached hydrogens (tertiary/aromatic N) is 7. The van der Waals surface area contributed by atoms with Crippen molar-refractivity contribution in [3.8, 4) is 11.5 Å². The molecule has 62 heavy (non-hydrogen) atoms. The number of anilines is 1. The van der Waals surface area contributed by atoms with Crippen molar-refractivity contribution in [2.24, 2.45) is 14.1 Å². The van der Waals surface area contributed by atoms with Gasteiger partial charge >= 0.3 is 11.5 Å². The van der Waals surface area contributed by atoms with Crippen LogP contribution in [0.15, 0.2) is 140 Å². The third kappa shape index (κ3) is 7.42. The van der Waals surface area contributed by atoms with Crippen LogP contribution in [0.5, 0.6) is 0 Å². The van der Waals surface area contributed by atoms with Gasteiger partial charge in [-0.1, -0.05) is 100 Å². The van der Waals surface area contributed by atoms with E-state index in [4.69, 9.17) is 0 Å².